The molecule has 1 saturated carbocycles. The number of benzene rings is 1. The summed E-state index contributed by atoms with van der Waals surface area (Å²) >= 11 is 0. The van der Waals surface area contributed by atoms with Crippen LogP contribution in [0.4, 0.5) is 0 Å². The minimum Gasteiger partial charge on any atom is -0.480 e. The molecular weight excluding hydrogens is 234 g/mol. The van der Waals surface area contributed by atoms with Crippen LogP contribution in [0.3, 0.4) is 0 Å². The Labute approximate surface area is 104 Å². The first kappa shape index (κ1) is 12.6. The Morgan fingerprint density at radius 1 is 1.28 bits per heavy atom. The number of nitrogens with one attached hydrogen (secondary N) is 1. The van der Waals surface area contributed by atoms with Gasteiger partial charge in [-0.1, -0.05) is 17.7 Å². The van der Waals surface area contributed by atoms with Crippen LogP contribution >= 0.6 is 0 Å². The van der Waals surface area contributed by atoms with Crippen molar-refractivity contribution in [1.29, 1.82) is 0 Å². The average molecular weight is 249 g/mol. The first-order valence-electron chi connectivity index (χ1n) is 5.74. The first-order chi connectivity index (χ1) is 8.43. The van der Waals surface area contributed by atoms with Crippen molar-refractivity contribution in [2.24, 2.45) is 0 Å². The van der Waals surface area contributed by atoms with Crippen molar-refractivity contribution in [3.63, 3.8) is 0 Å². The Morgan fingerprint density at radius 3 is 2.28 bits per heavy atom. The summed E-state index contributed by atoms with van der Waals surface area (Å²) in [5.74, 6) is -1.53. The molecule has 3 N–H and O–H groups in total. The highest BCUT2D eigenvalue weighted by Crippen LogP contribution is 2.32. The molecule has 1 aliphatic rings. The number of carboxylic acids is 1. The molecule has 96 valence electrons. The number of carboxylic acid groups (broad SMARTS) is 1. The van der Waals surface area contributed by atoms with E-state index in [0.29, 0.717) is 5.56 Å². The number of carbonyl (C=O) groups excluding carboxylic acids is 1. The van der Waals surface area contributed by atoms with Gasteiger partial charge in [0.25, 0.3) is 5.91 Å². The molecule has 1 amide bonds. The van der Waals surface area contributed by atoms with Gasteiger partial charge in [0, 0.05) is 18.4 Å². The van der Waals surface area contributed by atoms with Gasteiger partial charge < -0.3 is 15.5 Å². The first-order valence-corrected chi connectivity index (χ1v) is 5.74. The smallest absolute Gasteiger partial charge is 0.329 e. The lowest BCUT2D eigenvalue weighted by Crippen LogP contribution is -2.64. The molecule has 1 fully saturated rings. The van der Waals surface area contributed by atoms with Crippen molar-refractivity contribution in [2.45, 2.75) is 31.4 Å². The van der Waals surface area contributed by atoms with Gasteiger partial charge in [0.05, 0.1) is 6.10 Å². The molecule has 0 aromatic heterocycles. The van der Waals surface area contributed by atoms with Crippen LogP contribution in [-0.2, 0) is 4.79 Å². The summed E-state index contributed by atoms with van der Waals surface area (Å²) in [6, 6.07) is 6.88. The van der Waals surface area contributed by atoms with Crippen molar-refractivity contribution in [3.05, 3.63) is 35.4 Å². The lowest BCUT2D eigenvalue weighted by molar-refractivity contribution is -0.153. The standard InChI is InChI=1S/C13H15NO4/c1-8-2-4-9(5-3-8)11(16)14-13(12(17)18)6-10(15)7-13/h2-5,10,15H,6-7H2,1H3,(H,14,16)(H,17,18). The van der Waals surface area contributed by atoms with E-state index >= 15 is 0 Å². The molecule has 2 rings (SSSR count). The second-order valence-corrected chi connectivity index (χ2v) is 4.77. The van der Waals surface area contributed by atoms with Gasteiger partial charge in [-0.05, 0) is 19.1 Å². The number of hydrogen-bond donors (Lipinski definition) is 3. The number of hydrogen-bond acceptors (Lipinski definition) is 3. The SMILES string of the molecule is Cc1ccc(C(=O)NC2(C(=O)O)CC(O)C2)cc1. The van der Waals surface area contributed by atoms with Crippen LogP contribution in [0.5, 0.6) is 0 Å². The number of aliphatic carboxylic acids is 1. The second-order valence-electron chi connectivity index (χ2n) is 4.77. The lowest BCUT2D eigenvalue weighted by atomic mass is 9.74. The fourth-order valence-electron chi connectivity index (χ4n) is 2.07. The second kappa shape index (κ2) is 4.42. The number of carbonyl (C=O) groups is 2. The van der Waals surface area contributed by atoms with Gasteiger partial charge >= 0.3 is 5.97 Å². The number of rotatable bonds is 3. The van der Waals surface area contributed by atoms with E-state index in [9.17, 15) is 14.7 Å². The fraction of sp³-hybridized carbons (Fsp3) is 0.385. The molecule has 1 aromatic rings. The van der Waals surface area contributed by atoms with Gasteiger partial charge in [0.15, 0.2) is 0 Å². The molecule has 5 heteroatoms. The number of aliphatic hydroxyl groups is 1. The summed E-state index contributed by atoms with van der Waals surface area (Å²) < 4.78 is 0. The van der Waals surface area contributed by atoms with Crippen LogP contribution in [0, 0.1) is 6.92 Å². The Morgan fingerprint density at radius 2 is 1.83 bits per heavy atom. The number of aliphatic hydroxyl groups excluding tert-OH is 1. The van der Waals surface area contributed by atoms with Crippen LogP contribution in [0.1, 0.15) is 28.8 Å². The van der Waals surface area contributed by atoms with Crippen LogP contribution in [0.15, 0.2) is 24.3 Å². The molecule has 0 spiro atoms. The van der Waals surface area contributed by atoms with E-state index in [1.54, 1.807) is 24.3 Å². The molecule has 1 aliphatic carbocycles. The topological polar surface area (TPSA) is 86.6 Å². The predicted molar refractivity (Wildman–Crippen MR) is 64.3 cm³/mol. The van der Waals surface area contributed by atoms with Crippen molar-refractivity contribution >= 4 is 11.9 Å². The van der Waals surface area contributed by atoms with Crippen LogP contribution in [0.25, 0.3) is 0 Å². The van der Waals surface area contributed by atoms with Crippen LogP contribution in [0.2, 0.25) is 0 Å². The molecule has 0 bridgehead atoms. The highest BCUT2D eigenvalue weighted by atomic mass is 16.4. The summed E-state index contributed by atoms with van der Waals surface area (Å²) in [7, 11) is 0. The largest absolute Gasteiger partial charge is 0.480 e. The summed E-state index contributed by atoms with van der Waals surface area (Å²) in [6.07, 6.45) is -0.542. The van der Waals surface area contributed by atoms with Crippen molar-refractivity contribution in [3.8, 4) is 0 Å². The minimum absolute atomic E-state index is 0.0555. The summed E-state index contributed by atoms with van der Waals surface area (Å²) in [6.45, 7) is 1.91. The van der Waals surface area contributed by atoms with Crippen molar-refractivity contribution in [1.82, 2.24) is 5.32 Å². The third-order valence-electron chi connectivity index (χ3n) is 3.24. The highest BCUT2D eigenvalue weighted by Gasteiger charge is 2.51. The zero-order chi connectivity index (χ0) is 13.3. The molecule has 0 saturated heterocycles. The fourth-order valence-corrected chi connectivity index (χ4v) is 2.07. The molecule has 1 aromatic carbocycles. The molecule has 18 heavy (non-hydrogen) atoms. The Bertz CT molecular complexity index is 474. The van der Waals surface area contributed by atoms with Gasteiger partial charge in [-0.2, -0.15) is 0 Å². The predicted octanol–water partition coefficient (Wildman–Crippen LogP) is 0.703. The Kier molecular flexibility index (Phi) is 3.09. The third-order valence-corrected chi connectivity index (χ3v) is 3.24. The molecule has 5 nitrogen and oxygen atoms in total. The van der Waals surface area contributed by atoms with E-state index in [1.807, 2.05) is 6.92 Å². The lowest BCUT2D eigenvalue weighted by Gasteiger charge is -2.42. The van der Waals surface area contributed by atoms with E-state index in [2.05, 4.69) is 5.32 Å². The molecule has 0 radical (unpaired) electrons. The third kappa shape index (κ3) is 2.22. The maximum absolute atomic E-state index is 11.9. The Hall–Kier alpha value is -1.88. The van der Waals surface area contributed by atoms with E-state index in [-0.39, 0.29) is 12.8 Å². The van der Waals surface area contributed by atoms with Crippen molar-refractivity contribution < 1.29 is 19.8 Å². The maximum atomic E-state index is 11.9. The van der Waals surface area contributed by atoms with Crippen LogP contribution in [-0.4, -0.2) is 33.7 Å². The quantitative estimate of drug-likeness (QED) is 0.736. The molecule has 0 atom stereocenters. The zero-order valence-corrected chi connectivity index (χ0v) is 10.0. The average Bonchev–Trinajstić information content (AvgIpc) is 2.27. The van der Waals surface area contributed by atoms with E-state index in [4.69, 9.17) is 5.11 Å². The zero-order valence-electron chi connectivity index (χ0n) is 10.0. The minimum atomic E-state index is -1.32. The van der Waals surface area contributed by atoms with Crippen molar-refractivity contribution in [2.75, 3.05) is 0 Å². The van der Waals surface area contributed by atoms with Crippen LogP contribution < -0.4 is 5.32 Å². The van der Waals surface area contributed by atoms with Gasteiger partial charge in [0.1, 0.15) is 5.54 Å². The molecular formula is C13H15NO4. The summed E-state index contributed by atoms with van der Waals surface area (Å²) in [4.78, 5) is 23.1. The molecule has 0 heterocycles. The van der Waals surface area contributed by atoms with E-state index < -0.39 is 23.5 Å². The Balaban J connectivity index is 2.11. The van der Waals surface area contributed by atoms with Gasteiger partial charge in [-0.3, -0.25) is 4.79 Å². The molecule has 0 aliphatic heterocycles. The van der Waals surface area contributed by atoms with Gasteiger partial charge in [-0.25, -0.2) is 4.79 Å². The number of amides is 1. The van der Waals surface area contributed by atoms with E-state index in [0.717, 1.165) is 5.56 Å². The van der Waals surface area contributed by atoms with Gasteiger partial charge in [0.2, 0.25) is 0 Å². The number of aryl methyl sites for hydroxylation is 1. The van der Waals surface area contributed by atoms with Gasteiger partial charge in [-0.15, -0.1) is 0 Å². The van der Waals surface area contributed by atoms with E-state index in [1.165, 1.54) is 0 Å². The summed E-state index contributed by atoms with van der Waals surface area (Å²) in [5.41, 5.74) is 0.127. The molecule has 0 unspecified atom stereocenters. The normalized spacial score (nSPS) is 26.2. The monoisotopic (exact) mass is 249 g/mol. The highest BCUT2D eigenvalue weighted by molar-refractivity contribution is 5.98. The summed E-state index contributed by atoms with van der Waals surface area (Å²) in [5, 5.41) is 20.9. The maximum Gasteiger partial charge on any atom is 0.329 e.